The molecule has 8 nitrogen and oxygen atoms in total. The van der Waals surface area contributed by atoms with Crippen molar-refractivity contribution < 1.29 is 9.84 Å². The van der Waals surface area contributed by atoms with Gasteiger partial charge in [-0.15, -0.1) is 0 Å². The van der Waals surface area contributed by atoms with Crippen LogP contribution in [-0.2, 0) is 0 Å². The van der Waals surface area contributed by atoms with Crippen LogP contribution in [0, 0.1) is 11.3 Å². The van der Waals surface area contributed by atoms with Gasteiger partial charge < -0.3 is 14.7 Å². The zero-order valence-electron chi connectivity index (χ0n) is 18.2. The number of anilines is 1. The maximum atomic E-state index is 9.72. The number of benzene rings is 1. The summed E-state index contributed by atoms with van der Waals surface area (Å²) in [5, 5.41) is 28.4. The number of nitrogens with one attached hydrogen (secondary N) is 1. The smallest absolute Gasteiger partial charge is 0.146 e. The van der Waals surface area contributed by atoms with E-state index in [0.29, 0.717) is 44.0 Å². The molecular weight excluding hydrogens is 475 g/mol. The summed E-state index contributed by atoms with van der Waals surface area (Å²) in [6.07, 6.45) is 5.24. The van der Waals surface area contributed by atoms with Gasteiger partial charge in [0.1, 0.15) is 29.4 Å². The third-order valence-corrected chi connectivity index (χ3v) is 6.63. The topological polar surface area (TPSA) is 111 Å². The largest absolute Gasteiger partial charge is 0.486 e. The molecule has 10 heteroatoms. The summed E-state index contributed by atoms with van der Waals surface area (Å²) in [4.78, 5) is 10.5. The molecule has 1 fully saturated rings. The van der Waals surface area contributed by atoms with Crippen molar-refractivity contribution in [3.8, 4) is 23.1 Å². The van der Waals surface area contributed by atoms with E-state index in [2.05, 4.69) is 26.2 Å². The molecular formula is C24H20Cl2N6O2. The third-order valence-electron chi connectivity index (χ3n) is 6.03. The highest BCUT2D eigenvalue weighted by Gasteiger charge is 2.30. The van der Waals surface area contributed by atoms with Crippen LogP contribution in [0.15, 0.2) is 42.9 Å². The van der Waals surface area contributed by atoms with E-state index in [4.69, 9.17) is 27.9 Å². The van der Waals surface area contributed by atoms with Crippen molar-refractivity contribution in [2.24, 2.45) is 0 Å². The normalized spacial score (nSPS) is 16.2. The molecule has 2 N–H and O–H groups in total. The van der Waals surface area contributed by atoms with Crippen LogP contribution in [0.5, 0.6) is 5.75 Å². The van der Waals surface area contributed by atoms with E-state index in [1.54, 1.807) is 12.3 Å². The minimum Gasteiger partial charge on any atom is -0.486 e. The van der Waals surface area contributed by atoms with Crippen molar-refractivity contribution in [3.63, 3.8) is 0 Å². The van der Waals surface area contributed by atoms with E-state index in [9.17, 15) is 10.4 Å². The van der Waals surface area contributed by atoms with Gasteiger partial charge in [-0.3, -0.25) is 10.1 Å². The summed E-state index contributed by atoms with van der Waals surface area (Å²) in [6, 6.07) is 9.60. The van der Waals surface area contributed by atoms with Gasteiger partial charge in [-0.1, -0.05) is 23.2 Å². The van der Waals surface area contributed by atoms with Crippen LogP contribution in [0.25, 0.3) is 22.2 Å². The molecule has 4 heterocycles. The summed E-state index contributed by atoms with van der Waals surface area (Å²) >= 11 is 12.6. The zero-order chi connectivity index (χ0) is 23.8. The molecule has 1 aliphatic rings. The molecule has 0 bridgehead atoms. The molecule has 172 valence electrons. The number of rotatable bonds is 6. The quantitative estimate of drug-likeness (QED) is 0.391. The fourth-order valence-electron chi connectivity index (χ4n) is 4.17. The zero-order valence-corrected chi connectivity index (χ0v) is 19.7. The standard InChI is InChI=1S/C24H20Cl2N6O2/c1-13(22-19(25)10-28-11-20(22)26)34-17-2-3-21-18(7-17)23(31-30-21)15-6-14(8-27)24(29-9-15)32-5-4-16(32)12-33/h2-3,6-7,9-11,13,16,33H,4-5,12H2,1H3,(H,30,31)/t13-,16?/m1/s1. The number of H-pyrrole nitrogens is 1. The minimum absolute atomic E-state index is 0.000706. The Kier molecular flexibility index (Phi) is 6.00. The SMILES string of the molecule is C[C@@H](Oc1ccc2[nH]nc(-c3cnc(N4CCC4CO)c(C#N)c3)c2c1)c1c(Cl)cncc1Cl. The Balaban J connectivity index is 1.47. The number of nitrogens with zero attached hydrogens (tertiary/aromatic N) is 5. The van der Waals surface area contributed by atoms with Gasteiger partial charge >= 0.3 is 0 Å². The molecule has 34 heavy (non-hydrogen) atoms. The van der Waals surface area contributed by atoms with Crippen LogP contribution in [0.3, 0.4) is 0 Å². The maximum Gasteiger partial charge on any atom is 0.146 e. The van der Waals surface area contributed by atoms with Crippen LogP contribution in [0.2, 0.25) is 10.0 Å². The fraction of sp³-hybridized carbons (Fsp3) is 0.250. The Labute approximate surface area is 205 Å². The van der Waals surface area contributed by atoms with Gasteiger partial charge in [0, 0.05) is 41.6 Å². The number of hydrogen-bond acceptors (Lipinski definition) is 7. The van der Waals surface area contributed by atoms with Crippen molar-refractivity contribution in [3.05, 3.63) is 64.0 Å². The van der Waals surface area contributed by atoms with Gasteiger partial charge in [0.2, 0.25) is 0 Å². The fourth-order valence-corrected chi connectivity index (χ4v) is 4.84. The average Bonchev–Trinajstić information content (AvgIpc) is 3.22. The molecule has 0 amide bonds. The highest BCUT2D eigenvalue weighted by atomic mass is 35.5. The number of hydrogen-bond donors (Lipinski definition) is 2. The van der Waals surface area contributed by atoms with Gasteiger partial charge in [-0.2, -0.15) is 10.4 Å². The molecule has 1 aromatic carbocycles. The minimum atomic E-state index is -0.405. The first-order valence-corrected chi connectivity index (χ1v) is 11.5. The van der Waals surface area contributed by atoms with E-state index >= 15 is 0 Å². The van der Waals surface area contributed by atoms with E-state index in [1.807, 2.05) is 30.0 Å². The average molecular weight is 495 g/mol. The Hall–Kier alpha value is -3.38. The predicted octanol–water partition coefficient (Wildman–Crippen LogP) is 4.91. The molecule has 1 saturated heterocycles. The molecule has 0 aliphatic carbocycles. The Bertz CT molecular complexity index is 1390. The number of aromatic nitrogens is 4. The number of fused-ring (bicyclic) bond motifs is 1. The van der Waals surface area contributed by atoms with E-state index < -0.39 is 6.10 Å². The monoisotopic (exact) mass is 494 g/mol. The number of aliphatic hydroxyl groups is 1. The van der Waals surface area contributed by atoms with E-state index in [0.717, 1.165) is 23.9 Å². The second-order valence-electron chi connectivity index (χ2n) is 8.08. The second kappa shape index (κ2) is 9.11. The summed E-state index contributed by atoms with van der Waals surface area (Å²) in [5.74, 6) is 1.20. The second-order valence-corrected chi connectivity index (χ2v) is 8.90. The lowest BCUT2D eigenvalue weighted by molar-refractivity contribution is 0.225. The van der Waals surface area contributed by atoms with Crippen LogP contribution in [-0.4, -0.2) is 44.5 Å². The lowest BCUT2D eigenvalue weighted by atomic mass is 10.0. The molecule has 1 unspecified atom stereocenters. The Morgan fingerprint density at radius 3 is 2.74 bits per heavy atom. The molecule has 0 spiro atoms. The van der Waals surface area contributed by atoms with Gasteiger partial charge in [0.25, 0.3) is 0 Å². The lowest BCUT2D eigenvalue weighted by Crippen LogP contribution is -2.50. The van der Waals surface area contributed by atoms with Crippen molar-refractivity contribution in [1.29, 1.82) is 5.26 Å². The van der Waals surface area contributed by atoms with Crippen molar-refractivity contribution in [2.75, 3.05) is 18.1 Å². The number of nitriles is 1. The maximum absolute atomic E-state index is 9.72. The van der Waals surface area contributed by atoms with Gasteiger partial charge in [-0.25, -0.2) is 4.98 Å². The summed E-state index contributed by atoms with van der Waals surface area (Å²) in [6.45, 7) is 2.67. The molecule has 1 aliphatic heterocycles. The predicted molar refractivity (Wildman–Crippen MR) is 130 cm³/mol. The van der Waals surface area contributed by atoms with Crippen molar-refractivity contribution >= 4 is 39.9 Å². The summed E-state index contributed by atoms with van der Waals surface area (Å²) in [5.41, 5.74) is 3.29. The highest BCUT2D eigenvalue weighted by molar-refractivity contribution is 6.35. The first kappa shape index (κ1) is 22.4. The number of ether oxygens (including phenoxy) is 1. The molecule has 3 aromatic heterocycles. The highest BCUT2D eigenvalue weighted by Crippen LogP contribution is 2.36. The van der Waals surface area contributed by atoms with Crippen LogP contribution < -0.4 is 9.64 Å². The molecule has 2 atom stereocenters. The molecule has 0 radical (unpaired) electrons. The Morgan fingerprint density at radius 1 is 1.26 bits per heavy atom. The molecule has 5 rings (SSSR count). The Morgan fingerprint density at radius 2 is 2.06 bits per heavy atom. The number of halogens is 2. The van der Waals surface area contributed by atoms with Crippen LogP contribution in [0.1, 0.15) is 30.6 Å². The number of aromatic amines is 1. The van der Waals surface area contributed by atoms with Gasteiger partial charge in [-0.05, 0) is 37.6 Å². The van der Waals surface area contributed by atoms with E-state index in [1.165, 1.54) is 12.4 Å². The van der Waals surface area contributed by atoms with Gasteiger partial charge in [0.15, 0.2) is 0 Å². The van der Waals surface area contributed by atoms with Gasteiger partial charge in [0.05, 0.1) is 33.8 Å². The van der Waals surface area contributed by atoms with E-state index in [-0.39, 0.29) is 12.6 Å². The van der Waals surface area contributed by atoms with Crippen LogP contribution >= 0.6 is 23.2 Å². The summed E-state index contributed by atoms with van der Waals surface area (Å²) in [7, 11) is 0. The molecule has 4 aromatic rings. The lowest BCUT2D eigenvalue weighted by Gasteiger charge is -2.41. The number of aliphatic hydroxyl groups excluding tert-OH is 1. The molecule has 0 saturated carbocycles. The van der Waals surface area contributed by atoms with Crippen molar-refractivity contribution in [2.45, 2.75) is 25.5 Å². The first-order chi connectivity index (χ1) is 16.5. The number of pyridine rings is 2. The van der Waals surface area contributed by atoms with Crippen molar-refractivity contribution in [1.82, 2.24) is 20.2 Å². The third kappa shape index (κ3) is 3.92. The first-order valence-electron chi connectivity index (χ1n) is 10.7. The van der Waals surface area contributed by atoms with Crippen LogP contribution in [0.4, 0.5) is 5.82 Å². The summed E-state index contributed by atoms with van der Waals surface area (Å²) < 4.78 is 6.14.